The van der Waals surface area contributed by atoms with Crippen LogP contribution in [0.5, 0.6) is 0 Å². The summed E-state index contributed by atoms with van der Waals surface area (Å²) in [7, 11) is 1.82. The molecular formula is C8H17NO. The van der Waals surface area contributed by atoms with Crippen molar-refractivity contribution < 1.29 is 4.79 Å². The molecule has 0 aliphatic carbocycles. The SMILES string of the molecule is CN[C@@H](C=O)CCC(C)C. The minimum Gasteiger partial charge on any atom is -0.311 e. The summed E-state index contributed by atoms with van der Waals surface area (Å²) in [5.74, 6) is 0.691. The van der Waals surface area contributed by atoms with Crippen LogP contribution in [0.25, 0.3) is 0 Å². The summed E-state index contributed by atoms with van der Waals surface area (Å²) in [6, 6.07) is 0.0578. The second kappa shape index (κ2) is 5.42. The number of rotatable bonds is 5. The first-order valence-corrected chi connectivity index (χ1v) is 3.83. The molecule has 0 aromatic carbocycles. The Morgan fingerprint density at radius 2 is 2.00 bits per heavy atom. The third-order valence-corrected chi connectivity index (χ3v) is 1.59. The molecule has 2 heteroatoms. The van der Waals surface area contributed by atoms with E-state index < -0.39 is 0 Å². The molecule has 10 heavy (non-hydrogen) atoms. The summed E-state index contributed by atoms with van der Waals surface area (Å²) < 4.78 is 0. The Labute approximate surface area is 63.0 Å². The van der Waals surface area contributed by atoms with Gasteiger partial charge in [-0.15, -0.1) is 0 Å². The van der Waals surface area contributed by atoms with Crippen LogP contribution >= 0.6 is 0 Å². The van der Waals surface area contributed by atoms with Gasteiger partial charge in [-0.25, -0.2) is 0 Å². The Morgan fingerprint density at radius 3 is 2.30 bits per heavy atom. The zero-order valence-electron chi connectivity index (χ0n) is 7.05. The van der Waals surface area contributed by atoms with Gasteiger partial charge >= 0.3 is 0 Å². The molecule has 0 rings (SSSR count). The molecular weight excluding hydrogens is 126 g/mol. The number of hydrogen-bond acceptors (Lipinski definition) is 2. The van der Waals surface area contributed by atoms with E-state index >= 15 is 0 Å². The summed E-state index contributed by atoms with van der Waals surface area (Å²) >= 11 is 0. The van der Waals surface area contributed by atoms with Gasteiger partial charge in [-0.3, -0.25) is 0 Å². The van der Waals surface area contributed by atoms with Crippen molar-refractivity contribution in [3.8, 4) is 0 Å². The molecule has 1 atom stereocenters. The summed E-state index contributed by atoms with van der Waals surface area (Å²) in [4.78, 5) is 10.3. The molecule has 1 N–H and O–H groups in total. The van der Waals surface area contributed by atoms with Crippen LogP contribution in [0, 0.1) is 5.92 Å². The van der Waals surface area contributed by atoms with Gasteiger partial charge in [-0.2, -0.15) is 0 Å². The number of carbonyl (C=O) groups excluding carboxylic acids is 1. The topological polar surface area (TPSA) is 29.1 Å². The molecule has 0 fully saturated rings. The molecule has 0 saturated carbocycles. The van der Waals surface area contributed by atoms with Crippen LogP contribution in [0.15, 0.2) is 0 Å². The van der Waals surface area contributed by atoms with Crippen LogP contribution in [0.1, 0.15) is 26.7 Å². The monoisotopic (exact) mass is 143 g/mol. The van der Waals surface area contributed by atoms with Gasteiger partial charge in [0.25, 0.3) is 0 Å². The normalized spacial score (nSPS) is 13.6. The highest BCUT2D eigenvalue weighted by Gasteiger charge is 2.03. The van der Waals surface area contributed by atoms with Crippen molar-refractivity contribution in [2.75, 3.05) is 7.05 Å². The zero-order valence-corrected chi connectivity index (χ0v) is 7.05. The van der Waals surface area contributed by atoms with Crippen LogP contribution in [-0.2, 0) is 4.79 Å². The second-order valence-electron chi connectivity index (χ2n) is 3.00. The molecule has 0 spiro atoms. The molecule has 0 saturated heterocycles. The first-order valence-electron chi connectivity index (χ1n) is 3.83. The number of hydrogen-bond donors (Lipinski definition) is 1. The highest BCUT2D eigenvalue weighted by molar-refractivity contribution is 5.57. The third kappa shape index (κ3) is 4.50. The van der Waals surface area contributed by atoms with Gasteiger partial charge in [0, 0.05) is 0 Å². The average molecular weight is 143 g/mol. The Hall–Kier alpha value is -0.370. The molecule has 0 heterocycles. The second-order valence-corrected chi connectivity index (χ2v) is 3.00. The van der Waals surface area contributed by atoms with Gasteiger partial charge in [-0.1, -0.05) is 13.8 Å². The van der Waals surface area contributed by atoms with Crippen molar-refractivity contribution in [1.29, 1.82) is 0 Å². The highest BCUT2D eigenvalue weighted by Crippen LogP contribution is 2.04. The quantitative estimate of drug-likeness (QED) is 0.586. The van der Waals surface area contributed by atoms with Crippen molar-refractivity contribution >= 4 is 6.29 Å². The lowest BCUT2D eigenvalue weighted by molar-refractivity contribution is -0.109. The lowest BCUT2D eigenvalue weighted by Gasteiger charge is -2.09. The molecule has 0 aliphatic rings. The molecule has 0 unspecified atom stereocenters. The fraction of sp³-hybridized carbons (Fsp3) is 0.875. The molecule has 2 nitrogen and oxygen atoms in total. The number of carbonyl (C=O) groups is 1. The summed E-state index contributed by atoms with van der Waals surface area (Å²) in [5.41, 5.74) is 0. The molecule has 0 aliphatic heterocycles. The lowest BCUT2D eigenvalue weighted by Crippen LogP contribution is -2.26. The first-order chi connectivity index (χ1) is 4.70. The van der Waals surface area contributed by atoms with Gasteiger partial charge in [0.05, 0.1) is 6.04 Å². The maximum absolute atomic E-state index is 10.3. The lowest BCUT2D eigenvalue weighted by atomic mass is 10.0. The van der Waals surface area contributed by atoms with Crippen molar-refractivity contribution in [1.82, 2.24) is 5.32 Å². The van der Waals surface area contributed by atoms with Crippen LogP contribution < -0.4 is 5.32 Å². The number of aldehydes is 1. The van der Waals surface area contributed by atoms with E-state index in [9.17, 15) is 4.79 Å². The van der Waals surface area contributed by atoms with E-state index in [4.69, 9.17) is 0 Å². The fourth-order valence-electron chi connectivity index (χ4n) is 0.793. The van der Waals surface area contributed by atoms with Gasteiger partial charge in [0.15, 0.2) is 0 Å². The molecule has 0 radical (unpaired) electrons. The van der Waals surface area contributed by atoms with Crippen LogP contribution in [0.3, 0.4) is 0 Å². The minimum absolute atomic E-state index is 0.0578. The molecule has 0 aromatic rings. The highest BCUT2D eigenvalue weighted by atomic mass is 16.1. The summed E-state index contributed by atoms with van der Waals surface area (Å²) in [6.45, 7) is 4.33. The van der Waals surface area contributed by atoms with E-state index in [-0.39, 0.29) is 6.04 Å². The van der Waals surface area contributed by atoms with E-state index in [0.29, 0.717) is 5.92 Å². The molecule has 0 amide bonds. The maximum Gasteiger partial charge on any atom is 0.136 e. The van der Waals surface area contributed by atoms with Crippen molar-refractivity contribution in [3.05, 3.63) is 0 Å². The zero-order chi connectivity index (χ0) is 7.98. The van der Waals surface area contributed by atoms with Gasteiger partial charge in [0.1, 0.15) is 6.29 Å². The van der Waals surface area contributed by atoms with Crippen LogP contribution in [0.2, 0.25) is 0 Å². The maximum atomic E-state index is 10.3. The minimum atomic E-state index is 0.0578. The van der Waals surface area contributed by atoms with E-state index in [1.165, 1.54) is 0 Å². The van der Waals surface area contributed by atoms with Crippen molar-refractivity contribution in [2.24, 2.45) is 5.92 Å². The average Bonchev–Trinajstić information content (AvgIpc) is 1.90. The number of likely N-dealkylation sites (N-methyl/N-ethyl adjacent to an activating group) is 1. The Bertz CT molecular complexity index is 91.3. The van der Waals surface area contributed by atoms with Crippen LogP contribution in [0.4, 0.5) is 0 Å². The van der Waals surface area contributed by atoms with E-state index in [1.807, 2.05) is 7.05 Å². The van der Waals surface area contributed by atoms with Gasteiger partial charge in [-0.05, 0) is 25.8 Å². The van der Waals surface area contributed by atoms with E-state index in [2.05, 4.69) is 19.2 Å². The van der Waals surface area contributed by atoms with E-state index in [0.717, 1.165) is 19.1 Å². The van der Waals surface area contributed by atoms with Gasteiger partial charge < -0.3 is 10.1 Å². The first kappa shape index (κ1) is 9.63. The summed E-state index contributed by atoms with van der Waals surface area (Å²) in [5, 5.41) is 2.94. The van der Waals surface area contributed by atoms with E-state index in [1.54, 1.807) is 0 Å². The molecule has 60 valence electrons. The van der Waals surface area contributed by atoms with Crippen LogP contribution in [-0.4, -0.2) is 19.4 Å². The van der Waals surface area contributed by atoms with Crippen molar-refractivity contribution in [3.63, 3.8) is 0 Å². The smallest absolute Gasteiger partial charge is 0.136 e. The standard InChI is InChI=1S/C8H17NO/c1-7(2)4-5-8(6-10)9-3/h6-9H,4-5H2,1-3H3/t8-/m1/s1. The Morgan fingerprint density at radius 1 is 1.40 bits per heavy atom. The van der Waals surface area contributed by atoms with Crippen molar-refractivity contribution in [2.45, 2.75) is 32.7 Å². The van der Waals surface area contributed by atoms with Gasteiger partial charge in [0.2, 0.25) is 0 Å². The molecule has 0 bridgehead atoms. The number of nitrogens with one attached hydrogen (secondary N) is 1. The molecule has 0 aromatic heterocycles. The Kier molecular flexibility index (Phi) is 5.22. The largest absolute Gasteiger partial charge is 0.311 e. The third-order valence-electron chi connectivity index (χ3n) is 1.59. The fourth-order valence-corrected chi connectivity index (χ4v) is 0.793. The predicted octanol–water partition coefficient (Wildman–Crippen LogP) is 1.21. The Balaban J connectivity index is 3.34. The predicted molar refractivity (Wildman–Crippen MR) is 43.0 cm³/mol. The summed E-state index contributed by atoms with van der Waals surface area (Å²) in [6.07, 6.45) is 3.05.